The first kappa shape index (κ1) is 11.2. The van der Waals surface area contributed by atoms with Crippen LogP contribution in [0.25, 0.3) is 22.0 Å². The standard InChI is InChI=1S/C15H9ClFN/c16-15-13(10-4-2-1-3-5-10)8-11-6-7-12(17)9-14(11)18-15/h1-9H. The molecular formula is C15H9ClFN. The molecule has 0 N–H and O–H groups in total. The first-order chi connectivity index (χ1) is 8.74. The Morgan fingerprint density at radius 1 is 0.944 bits per heavy atom. The summed E-state index contributed by atoms with van der Waals surface area (Å²) >= 11 is 6.16. The van der Waals surface area contributed by atoms with Gasteiger partial charge in [0.15, 0.2) is 0 Å². The number of nitrogens with zero attached hydrogens (tertiary/aromatic N) is 1. The summed E-state index contributed by atoms with van der Waals surface area (Å²) < 4.78 is 13.1. The smallest absolute Gasteiger partial charge is 0.137 e. The van der Waals surface area contributed by atoms with Gasteiger partial charge in [-0.3, -0.25) is 0 Å². The first-order valence-electron chi connectivity index (χ1n) is 5.55. The minimum Gasteiger partial charge on any atom is -0.235 e. The van der Waals surface area contributed by atoms with Gasteiger partial charge < -0.3 is 0 Å². The van der Waals surface area contributed by atoms with Crippen LogP contribution in [-0.4, -0.2) is 4.98 Å². The molecule has 1 aromatic heterocycles. The number of pyridine rings is 1. The Hall–Kier alpha value is -1.93. The SMILES string of the molecule is Fc1ccc2cc(-c3ccccc3)c(Cl)nc2c1. The second-order valence-corrected chi connectivity index (χ2v) is 4.39. The van der Waals surface area contributed by atoms with Gasteiger partial charge in [0, 0.05) is 17.0 Å². The van der Waals surface area contributed by atoms with E-state index in [-0.39, 0.29) is 5.82 Å². The van der Waals surface area contributed by atoms with Crippen molar-refractivity contribution in [3.8, 4) is 11.1 Å². The lowest BCUT2D eigenvalue weighted by Gasteiger charge is -2.06. The van der Waals surface area contributed by atoms with Crippen LogP contribution in [-0.2, 0) is 0 Å². The zero-order valence-corrected chi connectivity index (χ0v) is 10.2. The molecule has 3 heteroatoms. The third-order valence-corrected chi connectivity index (χ3v) is 3.11. The predicted molar refractivity (Wildman–Crippen MR) is 72.1 cm³/mol. The highest BCUT2D eigenvalue weighted by Gasteiger charge is 2.07. The van der Waals surface area contributed by atoms with Crippen LogP contribution >= 0.6 is 11.6 Å². The molecule has 0 radical (unpaired) electrons. The van der Waals surface area contributed by atoms with Gasteiger partial charge in [0.1, 0.15) is 11.0 Å². The van der Waals surface area contributed by atoms with Crippen molar-refractivity contribution in [2.45, 2.75) is 0 Å². The third-order valence-electron chi connectivity index (χ3n) is 2.82. The number of hydrogen-bond acceptors (Lipinski definition) is 1. The predicted octanol–water partition coefficient (Wildman–Crippen LogP) is 4.69. The fraction of sp³-hybridized carbons (Fsp3) is 0. The van der Waals surface area contributed by atoms with E-state index in [4.69, 9.17) is 11.6 Å². The van der Waals surface area contributed by atoms with Gasteiger partial charge in [0.25, 0.3) is 0 Å². The lowest BCUT2D eigenvalue weighted by molar-refractivity contribution is 0.629. The van der Waals surface area contributed by atoms with E-state index in [0.717, 1.165) is 16.5 Å². The summed E-state index contributed by atoms with van der Waals surface area (Å²) in [6.07, 6.45) is 0. The van der Waals surface area contributed by atoms with E-state index in [1.807, 2.05) is 36.4 Å². The fourth-order valence-corrected chi connectivity index (χ4v) is 2.19. The highest BCUT2D eigenvalue weighted by atomic mass is 35.5. The molecule has 0 amide bonds. The Kier molecular flexibility index (Phi) is 2.73. The molecule has 0 aliphatic rings. The van der Waals surface area contributed by atoms with E-state index in [1.54, 1.807) is 6.07 Å². The Balaban J connectivity index is 2.25. The van der Waals surface area contributed by atoms with Gasteiger partial charge in [-0.2, -0.15) is 0 Å². The van der Waals surface area contributed by atoms with Crippen LogP contribution in [0, 0.1) is 5.82 Å². The lowest BCUT2D eigenvalue weighted by atomic mass is 10.1. The average molecular weight is 258 g/mol. The van der Waals surface area contributed by atoms with Crippen LogP contribution in [0.4, 0.5) is 4.39 Å². The lowest BCUT2D eigenvalue weighted by Crippen LogP contribution is -1.87. The number of rotatable bonds is 1. The summed E-state index contributed by atoms with van der Waals surface area (Å²) in [7, 11) is 0. The quantitative estimate of drug-likeness (QED) is 0.576. The zero-order valence-electron chi connectivity index (χ0n) is 9.40. The number of benzene rings is 2. The molecule has 0 atom stereocenters. The van der Waals surface area contributed by atoms with Gasteiger partial charge in [0.05, 0.1) is 5.52 Å². The van der Waals surface area contributed by atoms with Gasteiger partial charge in [0.2, 0.25) is 0 Å². The third kappa shape index (κ3) is 1.95. The van der Waals surface area contributed by atoms with Gasteiger partial charge in [-0.15, -0.1) is 0 Å². The van der Waals surface area contributed by atoms with Gasteiger partial charge in [-0.25, -0.2) is 9.37 Å². The van der Waals surface area contributed by atoms with E-state index < -0.39 is 0 Å². The molecule has 0 aliphatic heterocycles. The van der Waals surface area contributed by atoms with Crippen molar-refractivity contribution in [2.75, 3.05) is 0 Å². The number of hydrogen-bond donors (Lipinski definition) is 0. The van der Waals surface area contributed by atoms with Crippen LogP contribution in [0.5, 0.6) is 0 Å². The molecule has 0 saturated carbocycles. The molecule has 3 aromatic rings. The van der Waals surface area contributed by atoms with Crippen LogP contribution in [0.3, 0.4) is 0 Å². The molecule has 0 saturated heterocycles. The highest BCUT2D eigenvalue weighted by Crippen LogP contribution is 2.29. The molecule has 3 rings (SSSR count). The van der Waals surface area contributed by atoms with Crippen molar-refractivity contribution >= 4 is 22.5 Å². The van der Waals surface area contributed by atoms with E-state index in [0.29, 0.717) is 10.7 Å². The summed E-state index contributed by atoms with van der Waals surface area (Å²) in [4.78, 5) is 4.24. The van der Waals surface area contributed by atoms with Crippen molar-refractivity contribution in [1.29, 1.82) is 0 Å². The summed E-state index contributed by atoms with van der Waals surface area (Å²) in [5.74, 6) is -0.307. The van der Waals surface area contributed by atoms with Crippen molar-refractivity contribution in [2.24, 2.45) is 0 Å². The van der Waals surface area contributed by atoms with E-state index in [2.05, 4.69) is 4.98 Å². The topological polar surface area (TPSA) is 12.9 Å². The van der Waals surface area contributed by atoms with Gasteiger partial charge in [-0.05, 0) is 23.8 Å². The normalized spacial score (nSPS) is 10.8. The highest BCUT2D eigenvalue weighted by molar-refractivity contribution is 6.32. The number of fused-ring (bicyclic) bond motifs is 1. The zero-order chi connectivity index (χ0) is 12.5. The van der Waals surface area contributed by atoms with E-state index in [9.17, 15) is 4.39 Å². The molecule has 88 valence electrons. The summed E-state index contributed by atoms with van der Waals surface area (Å²) in [5, 5.41) is 1.26. The van der Waals surface area contributed by atoms with Crippen LogP contribution in [0.15, 0.2) is 54.6 Å². The molecule has 0 bridgehead atoms. The number of halogens is 2. The van der Waals surface area contributed by atoms with Crippen molar-refractivity contribution in [3.63, 3.8) is 0 Å². The molecule has 0 unspecified atom stereocenters. The minimum atomic E-state index is -0.307. The molecule has 1 nitrogen and oxygen atoms in total. The molecule has 0 aliphatic carbocycles. The molecular weight excluding hydrogens is 249 g/mol. The maximum atomic E-state index is 13.1. The molecule has 1 heterocycles. The van der Waals surface area contributed by atoms with Crippen molar-refractivity contribution in [1.82, 2.24) is 4.98 Å². The fourth-order valence-electron chi connectivity index (χ4n) is 1.94. The Morgan fingerprint density at radius 3 is 2.50 bits per heavy atom. The van der Waals surface area contributed by atoms with Gasteiger partial charge in [-0.1, -0.05) is 41.9 Å². The molecule has 18 heavy (non-hydrogen) atoms. The molecule has 0 spiro atoms. The molecule has 0 fully saturated rings. The van der Waals surface area contributed by atoms with Crippen LogP contribution in [0.2, 0.25) is 5.15 Å². The largest absolute Gasteiger partial charge is 0.235 e. The number of aromatic nitrogens is 1. The Morgan fingerprint density at radius 2 is 1.72 bits per heavy atom. The van der Waals surface area contributed by atoms with Crippen molar-refractivity contribution in [3.05, 3.63) is 65.6 Å². The second kappa shape index (κ2) is 4.39. The van der Waals surface area contributed by atoms with Crippen LogP contribution in [0.1, 0.15) is 0 Å². The maximum Gasteiger partial charge on any atom is 0.137 e. The Labute approximate surface area is 109 Å². The average Bonchev–Trinajstić information content (AvgIpc) is 2.39. The summed E-state index contributed by atoms with van der Waals surface area (Å²) in [5.41, 5.74) is 2.43. The summed E-state index contributed by atoms with van der Waals surface area (Å²) in [6.45, 7) is 0. The maximum absolute atomic E-state index is 13.1. The van der Waals surface area contributed by atoms with Crippen molar-refractivity contribution < 1.29 is 4.39 Å². The Bertz CT molecular complexity index is 710. The molecule has 2 aromatic carbocycles. The van der Waals surface area contributed by atoms with E-state index in [1.165, 1.54) is 12.1 Å². The minimum absolute atomic E-state index is 0.307. The summed E-state index contributed by atoms with van der Waals surface area (Å²) in [6, 6.07) is 16.2. The monoisotopic (exact) mass is 257 g/mol. The van der Waals surface area contributed by atoms with Crippen LogP contribution < -0.4 is 0 Å². The van der Waals surface area contributed by atoms with Gasteiger partial charge >= 0.3 is 0 Å². The second-order valence-electron chi connectivity index (χ2n) is 4.03. The first-order valence-corrected chi connectivity index (χ1v) is 5.93. The van der Waals surface area contributed by atoms with E-state index >= 15 is 0 Å².